The van der Waals surface area contributed by atoms with Gasteiger partial charge < -0.3 is 5.32 Å². The fourth-order valence-electron chi connectivity index (χ4n) is 3.39. The first-order valence-electron chi connectivity index (χ1n) is 10.5. The Bertz CT molecular complexity index is 1230. The molecule has 1 fully saturated rings. The highest BCUT2D eigenvalue weighted by molar-refractivity contribution is 14.1. The molecule has 3 aromatic carbocycles. The molecule has 0 spiro atoms. The van der Waals surface area contributed by atoms with Crippen molar-refractivity contribution in [2.75, 3.05) is 5.32 Å². The molecular formula is C25H19F3IN3O2S. The van der Waals surface area contributed by atoms with Gasteiger partial charge in [-0.15, -0.1) is 0 Å². The number of amides is 2. The molecule has 1 aliphatic rings. The molecular weight excluding hydrogens is 590 g/mol. The monoisotopic (exact) mass is 609 g/mol. The Balaban J connectivity index is 1.54. The summed E-state index contributed by atoms with van der Waals surface area (Å²) in [5.41, 5.74) is 1.01. The quantitative estimate of drug-likeness (QED) is 0.326. The summed E-state index contributed by atoms with van der Waals surface area (Å²) < 4.78 is 39.7. The first-order valence-corrected chi connectivity index (χ1v) is 12.5. The first-order chi connectivity index (χ1) is 16.7. The van der Waals surface area contributed by atoms with Gasteiger partial charge in [-0.05, 0) is 76.7 Å². The van der Waals surface area contributed by atoms with Gasteiger partial charge in [-0.2, -0.15) is 13.2 Å². The van der Waals surface area contributed by atoms with E-state index in [0.717, 1.165) is 33.0 Å². The Morgan fingerprint density at radius 2 is 1.66 bits per heavy atom. The summed E-state index contributed by atoms with van der Waals surface area (Å²) in [5.74, 6) is -0.588. The number of rotatable bonds is 6. The largest absolute Gasteiger partial charge is 0.416 e. The summed E-state index contributed by atoms with van der Waals surface area (Å²) >= 11 is 3.30. The number of benzene rings is 3. The zero-order valence-corrected chi connectivity index (χ0v) is 21.1. The van der Waals surface area contributed by atoms with Crippen LogP contribution < -0.4 is 5.32 Å². The van der Waals surface area contributed by atoms with Crippen LogP contribution in [0.4, 0.5) is 24.5 Å². The second-order valence-corrected chi connectivity index (χ2v) is 10.1. The molecule has 3 aromatic rings. The Morgan fingerprint density at radius 1 is 1.00 bits per heavy atom. The molecule has 0 bridgehead atoms. The lowest BCUT2D eigenvalue weighted by molar-refractivity contribution is -0.137. The Kier molecular flexibility index (Phi) is 7.80. The number of carbonyl (C=O) groups excluding carboxylic acids is 2. The number of amidine groups is 1. The number of alkyl halides is 3. The molecule has 0 radical (unpaired) electrons. The number of carbonyl (C=O) groups is 2. The molecule has 1 N–H and O–H groups in total. The molecule has 180 valence electrons. The summed E-state index contributed by atoms with van der Waals surface area (Å²) in [4.78, 5) is 31.8. The normalized spacial score (nSPS) is 17.1. The Morgan fingerprint density at radius 3 is 2.29 bits per heavy atom. The van der Waals surface area contributed by atoms with E-state index in [9.17, 15) is 22.8 Å². The lowest BCUT2D eigenvalue weighted by Gasteiger charge is -2.16. The van der Waals surface area contributed by atoms with Crippen LogP contribution in [0.15, 0.2) is 83.9 Å². The van der Waals surface area contributed by atoms with Crippen LogP contribution in [0.5, 0.6) is 0 Å². The number of halogens is 4. The van der Waals surface area contributed by atoms with Crippen molar-refractivity contribution in [1.29, 1.82) is 0 Å². The van der Waals surface area contributed by atoms with Crippen LogP contribution >= 0.6 is 34.4 Å². The molecule has 1 aliphatic heterocycles. The van der Waals surface area contributed by atoms with E-state index >= 15 is 0 Å². The molecule has 1 unspecified atom stereocenters. The standard InChI is InChI=1S/C25H19F3IN3O2S/c26-25(27,28)17-6-10-20(11-7-17)31-24-32(15-16-4-2-1-3-5-16)23(34)21(35-24)14-22(33)30-19-12-8-18(29)9-13-19/h1-13,21H,14-15H2,(H,30,33). The zero-order chi connectivity index (χ0) is 25.0. The zero-order valence-electron chi connectivity index (χ0n) is 18.1. The second-order valence-electron chi connectivity index (χ2n) is 7.71. The van der Waals surface area contributed by atoms with Gasteiger partial charge in [0.25, 0.3) is 0 Å². The van der Waals surface area contributed by atoms with Crippen molar-refractivity contribution in [2.45, 2.75) is 24.4 Å². The average Bonchev–Trinajstić information content (AvgIpc) is 3.09. The first kappa shape index (κ1) is 25.2. The van der Waals surface area contributed by atoms with E-state index in [0.29, 0.717) is 10.9 Å². The predicted octanol–water partition coefficient (Wildman–Crippen LogP) is 6.47. The van der Waals surface area contributed by atoms with Crippen molar-refractivity contribution in [1.82, 2.24) is 4.90 Å². The summed E-state index contributed by atoms with van der Waals surface area (Å²) in [6.45, 7) is 0.237. The van der Waals surface area contributed by atoms with Crippen molar-refractivity contribution >= 4 is 62.7 Å². The van der Waals surface area contributed by atoms with E-state index in [1.54, 1.807) is 12.1 Å². The van der Waals surface area contributed by atoms with E-state index in [4.69, 9.17) is 0 Å². The summed E-state index contributed by atoms with van der Waals surface area (Å²) in [6.07, 6.45) is -4.51. The van der Waals surface area contributed by atoms with Gasteiger partial charge in [0.05, 0.1) is 17.8 Å². The number of aliphatic imine (C=N–C) groups is 1. The molecule has 35 heavy (non-hydrogen) atoms. The lowest BCUT2D eigenvalue weighted by atomic mass is 10.2. The molecule has 0 saturated carbocycles. The molecule has 0 aromatic heterocycles. The van der Waals surface area contributed by atoms with E-state index in [1.807, 2.05) is 42.5 Å². The van der Waals surface area contributed by atoms with E-state index < -0.39 is 17.0 Å². The highest BCUT2D eigenvalue weighted by Crippen LogP contribution is 2.34. The SMILES string of the molecule is O=C(CC1SC(=Nc2ccc(C(F)(F)F)cc2)N(Cc2ccccc2)C1=O)Nc1ccc(I)cc1. The average molecular weight is 609 g/mol. The summed E-state index contributed by atoms with van der Waals surface area (Å²) in [5, 5.41) is 2.43. The number of thioether (sulfide) groups is 1. The minimum Gasteiger partial charge on any atom is -0.326 e. The second kappa shape index (κ2) is 10.8. The fraction of sp³-hybridized carbons (Fsp3) is 0.160. The van der Waals surface area contributed by atoms with E-state index in [-0.39, 0.29) is 30.5 Å². The Hall–Kier alpha value is -2.86. The minimum absolute atomic E-state index is 0.0627. The minimum atomic E-state index is -4.45. The lowest BCUT2D eigenvalue weighted by Crippen LogP contribution is -2.33. The van der Waals surface area contributed by atoms with Crippen LogP contribution in [0, 0.1) is 3.57 Å². The van der Waals surface area contributed by atoms with Gasteiger partial charge in [0.1, 0.15) is 5.25 Å². The van der Waals surface area contributed by atoms with E-state index in [1.165, 1.54) is 17.0 Å². The van der Waals surface area contributed by atoms with Crippen LogP contribution in [0.3, 0.4) is 0 Å². The van der Waals surface area contributed by atoms with Crippen molar-refractivity contribution < 1.29 is 22.8 Å². The maximum Gasteiger partial charge on any atom is 0.416 e. The molecule has 1 atom stereocenters. The smallest absolute Gasteiger partial charge is 0.326 e. The van der Waals surface area contributed by atoms with Gasteiger partial charge >= 0.3 is 6.18 Å². The van der Waals surface area contributed by atoms with Crippen molar-refractivity contribution in [3.63, 3.8) is 0 Å². The highest BCUT2D eigenvalue weighted by atomic mass is 127. The van der Waals surface area contributed by atoms with Crippen LogP contribution in [0.25, 0.3) is 0 Å². The van der Waals surface area contributed by atoms with Crippen LogP contribution in [-0.2, 0) is 22.3 Å². The maximum atomic E-state index is 13.2. The Labute approximate surface area is 218 Å². The van der Waals surface area contributed by atoms with Gasteiger partial charge in [0, 0.05) is 15.7 Å². The van der Waals surface area contributed by atoms with Gasteiger partial charge in [-0.25, -0.2) is 4.99 Å². The fourth-order valence-corrected chi connectivity index (χ4v) is 4.90. The van der Waals surface area contributed by atoms with Crippen LogP contribution in [0.2, 0.25) is 0 Å². The number of nitrogens with one attached hydrogen (secondary N) is 1. The molecule has 1 saturated heterocycles. The van der Waals surface area contributed by atoms with Gasteiger partial charge in [-0.3, -0.25) is 14.5 Å². The van der Waals surface area contributed by atoms with Gasteiger partial charge in [0.15, 0.2) is 5.17 Å². The molecule has 5 nitrogen and oxygen atoms in total. The predicted molar refractivity (Wildman–Crippen MR) is 139 cm³/mol. The third kappa shape index (κ3) is 6.63. The van der Waals surface area contributed by atoms with Crippen LogP contribution in [0.1, 0.15) is 17.5 Å². The topological polar surface area (TPSA) is 61.8 Å². The van der Waals surface area contributed by atoms with Gasteiger partial charge in [-0.1, -0.05) is 42.1 Å². The summed E-state index contributed by atoms with van der Waals surface area (Å²) in [6, 6.07) is 21.0. The summed E-state index contributed by atoms with van der Waals surface area (Å²) in [7, 11) is 0. The third-order valence-electron chi connectivity index (χ3n) is 5.12. The number of anilines is 1. The highest BCUT2D eigenvalue weighted by Gasteiger charge is 2.39. The van der Waals surface area contributed by atoms with Crippen LogP contribution in [-0.4, -0.2) is 27.1 Å². The van der Waals surface area contributed by atoms with Crippen molar-refractivity contribution in [3.05, 3.63) is 93.6 Å². The molecule has 1 heterocycles. The third-order valence-corrected chi connectivity index (χ3v) is 7.02. The van der Waals surface area contributed by atoms with Crippen molar-refractivity contribution in [3.8, 4) is 0 Å². The number of nitrogens with zero attached hydrogens (tertiary/aromatic N) is 2. The number of hydrogen-bond donors (Lipinski definition) is 1. The number of hydrogen-bond acceptors (Lipinski definition) is 4. The molecule has 4 rings (SSSR count). The molecule has 0 aliphatic carbocycles. The molecule has 2 amide bonds. The van der Waals surface area contributed by atoms with Gasteiger partial charge in [0.2, 0.25) is 11.8 Å². The molecule has 10 heteroatoms. The maximum absolute atomic E-state index is 13.2. The van der Waals surface area contributed by atoms with Crippen molar-refractivity contribution in [2.24, 2.45) is 4.99 Å². The van der Waals surface area contributed by atoms with E-state index in [2.05, 4.69) is 32.9 Å².